The van der Waals surface area contributed by atoms with Gasteiger partial charge in [-0.15, -0.1) is 10.2 Å². The summed E-state index contributed by atoms with van der Waals surface area (Å²) in [4.78, 5) is 0. The summed E-state index contributed by atoms with van der Waals surface area (Å²) >= 11 is 1.60. The van der Waals surface area contributed by atoms with Gasteiger partial charge in [0.15, 0.2) is 0 Å². The lowest BCUT2D eigenvalue weighted by atomic mass is 10.1. The van der Waals surface area contributed by atoms with E-state index in [-0.39, 0.29) is 5.54 Å². The average Bonchev–Trinajstić information content (AvgIpc) is 2.72. The molecule has 2 heterocycles. The Morgan fingerprint density at radius 3 is 2.71 bits per heavy atom. The first kappa shape index (κ1) is 9.33. The van der Waals surface area contributed by atoms with E-state index >= 15 is 0 Å². The Morgan fingerprint density at radius 1 is 1.43 bits per heavy atom. The summed E-state index contributed by atoms with van der Waals surface area (Å²) in [6.45, 7) is 6.08. The van der Waals surface area contributed by atoms with Crippen molar-refractivity contribution >= 4 is 11.3 Å². The predicted molar refractivity (Wildman–Crippen MR) is 54.1 cm³/mol. The second-order valence-corrected chi connectivity index (χ2v) is 4.75. The van der Waals surface area contributed by atoms with E-state index in [1.165, 1.54) is 0 Å². The van der Waals surface area contributed by atoms with Crippen LogP contribution in [0.25, 0.3) is 0 Å². The van der Waals surface area contributed by atoms with Gasteiger partial charge in [0.1, 0.15) is 15.6 Å². The zero-order valence-electron chi connectivity index (χ0n) is 8.35. The molecule has 0 saturated heterocycles. The van der Waals surface area contributed by atoms with E-state index in [9.17, 15) is 0 Å². The Morgan fingerprint density at radius 2 is 2.21 bits per heavy atom. The summed E-state index contributed by atoms with van der Waals surface area (Å²) in [7, 11) is 0. The Balaban J connectivity index is 2.42. The third-order valence-corrected chi connectivity index (χ3v) is 3.23. The summed E-state index contributed by atoms with van der Waals surface area (Å²) < 4.78 is 1.84. The van der Waals surface area contributed by atoms with Crippen LogP contribution in [0.4, 0.5) is 0 Å². The Bertz CT molecular complexity index is 416. The zero-order valence-corrected chi connectivity index (χ0v) is 9.17. The molecule has 0 N–H and O–H groups in total. The number of hydrogen-bond acceptors (Lipinski definition) is 4. The maximum atomic E-state index is 4.17. The SMILES string of the molecule is Cc1nnc(C(C)(C)n2c[c]cn2)s1. The molecule has 0 aliphatic rings. The Labute approximate surface area is 86.6 Å². The van der Waals surface area contributed by atoms with Gasteiger partial charge < -0.3 is 0 Å². The molecule has 2 aromatic heterocycles. The molecular weight excluding hydrogens is 196 g/mol. The summed E-state index contributed by atoms with van der Waals surface area (Å²) in [6, 6.07) is 2.92. The molecule has 0 aliphatic carbocycles. The smallest absolute Gasteiger partial charge is 0.144 e. The van der Waals surface area contributed by atoms with Crippen LogP contribution in [0.1, 0.15) is 23.9 Å². The van der Waals surface area contributed by atoms with Crippen LogP contribution in [0, 0.1) is 13.0 Å². The molecule has 2 rings (SSSR count). The van der Waals surface area contributed by atoms with E-state index in [1.807, 2.05) is 17.8 Å². The zero-order chi connectivity index (χ0) is 10.2. The van der Waals surface area contributed by atoms with Gasteiger partial charge in [0, 0.05) is 12.3 Å². The topological polar surface area (TPSA) is 43.6 Å². The Kier molecular flexibility index (Phi) is 2.11. The van der Waals surface area contributed by atoms with Gasteiger partial charge in [0.25, 0.3) is 0 Å². The van der Waals surface area contributed by atoms with E-state index in [4.69, 9.17) is 0 Å². The van der Waals surface area contributed by atoms with Crippen LogP contribution >= 0.6 is 11.3 Å². The first-order valence-corrected chi connectivity index (χ1v) is 5.14. The van der Waals surface area contributed by atoms with Crippen LogP contribution in [-0.2, 0) is 5.54 Å². The lowest BCUT2D eigenvalue weighted by Gasteiger charge is -2.21. The fourth-order valence-corrected chi connectivity index (χ4v) is 1.97. The van der Waals surface area contributed by atoms with Crippen molar-refractivity contribution in [2.45, 2.75) is 26.3 Å². The molecule has 73 valence electrons. The van der Waals surface area contributed by atoms with Crippen molar-refractivity contribution in [2.75, 3.05) is 0 Å². The molecule has 0 amide bonds. The molecule has 0 aliphatic heterocycles. The molecule has 0 unspecified atom stereocenters. The van der Waals surface area contributed by atoms with Gasteiger partial charge in [-0.25, -0.2) is 0 Å². The van der Waals surface area contributed by atoms with E-state index < -0.39 is 0 Å². The summed E-state index contributed by atoms with van der Waals surface area (Å²) in [5.74, 6) is 0. The lowest BCUT2D eigenvalue weighted by molar-refractivity contribution is 0.386. The second-order valence-electron chi connectivity index (χ2n) is 3.57. The van der Waals surface area contributed by atoms with Gasteiger partial charge in [-0.1, -0.05) is 11.3 Å². The number of nitrogens with zero attached hydrogens (tertiary/aromatic N) is 4. The molecule has 0 bridgehead atoms. The number of rotatable bonds is 2. The van der Waals surface area contributed by atoms with Crippen LogP contribution in [0.15, 0.2) is 12.4 Å². The monoisotopic (exact) mass is 207 g/mol. The molecule has 1 radical (unpaired) electrons. The Hall–Kier alpha value is -1.23. The maximum Gasteiger partial charge on any atom is 0.144 e. The van der Waals surface area contributed by atoms with Gasteiger partial charge in [-0.3, -0.25) is 4.68 Å². The van der Waals surface area contributed by atoms with Crippen LogP contribution < -0.4 is 0 Å². The van der Waals surface area contributed by atoms with Gasteiger partial charge in [0.2, 0.25) is 0 Å². The van der Waals surface area contributed by atoms with Gasteiger partial charge in [-0.05, 0) is 20.8 Å². The van der Waals surface area contributed by atoms with Gasteiger partial charge in [-0.2, -0.15) is 5.10 Å². The first-order chi connectivity index (χ1) is 6.60. The van der Waals surface area contributed by atoms with Crippen molar-refractivity contribution in [3.63, 3.8) is 0 Å². The molecule has 0 fully saturated rings. The van der Waals surface area contributed by atoms with Crippen molar-refractivity contribution in [1.29, 1.82) is 0 Å². The molecule has 0 aromatic carbocycles. The van der Waals surface area contributed by atoms with Crippen molar-refractivity contribution in [1.82, 2.24) is 20.0 Å². The molecule has 4 nitrogen and oxygen atoms in total. The first-order valence-electron chi connectivity index (χ1n) is 4.32. The minimum Gasteiger partial charge on any atom is -0.260 e. The third-order valence-electron chi connectivity index (χ3n) is 2.08. The molecule has 0 saturated carbocycles. The summed E-state index contributed by atoms with van der Waals surface area (Å²) in [5.41, 5.74) is -0.244. The molecule has 2 aromatic rings. The second kappa shape index (κ2) is 3.16. The third kappa shape index (κ3) is 1.43. The van der Waals surface area contributed by atoms with Crippen LogP contribution in [0.3, 0.4) is 0 Å². The summed E-state index contributed by atoms with van der Waals surface area (Å²) in [6.07, 6.45) is 3.46. The maximum absolute atomic E-state index is 4.17. The largest absolute Gasteiger partial charge is 0.260 e. The fraction of sp³-hybridized carbons (Fsp3) is 0.444. The van der Waals surface area contributed by atoms with Crippen molar-refractivity contribution in [3.8, 4) is 0 Å². The van der Waals surface area contributed by atoms with Crippen molar-refractivity contribution in [3.05, 3.63) is 28.5 Å². The molecular formula is C9H11N4S. The highest BCUT2D eigenvalue weighted by molar-refractivity contribution is 7.11. The van der Waals surface area contributed by atoms with Gasteiger partial charge in [0.05, 0.1) is 6.20 Å². The van der Waals surface area contributed by atoms with Crippen molar-refractivity contribution in [2.24, 2.45) is 0 Å². The highest BCUT2D eigenvalue weighted by atomic mass is 32.1. The highest BCUT2D eigenvalue weighted by Gasteiger charge is 2.27. The number of aromatic nitrogens is 4. The standard InChI is InChI=1S/C9H11N4S/c1-7-11-12-8(14-7)9(2,3)13-6-4-5-10-13/h5-6H,1-3H3. The number of hydrogen-bond donors (Lipinski definition) is 0. The average molecular weight is 207 g/mol. The normalized spacial score (nSPS) is 11.9. The van der Waals surface area contributed by atoms with E-state index in [0.29, 0.717) is 0 Å². The highest BCUT2D eigenvalue weighted by Crippen LogP contribution is 2.26. The summed E-state index contributed by atoms with van der Waals surface area (Å²) in [5, 5.41) is 14.3. The number of aryl methyl sites for hydroxylation is 1. The van der Waals surface area contributed by atoms with Gasteiger partial charge >= 0.3 is 0 Å². The molecule has 5 heteroatoms. The lowest BCUT2D eigenvalue weighted by Crippen LogP contribution is -2.28. The minimum absolute atomic E-state index is 0.244. The molecule has 14 heavy (non-hydrogen) atoms. The van der Waals surface area contributed by atoms with E-state index in [2.05, 4.69) is 35.2 Å². The van der Waals surface area contributed by atoms with Crippen LogP contribution in [0.2, 0.25) is 0 Å². The minimum atomic E-state index is -0.244. The fourth-order valence-electron chi connectivity index (χ4n) is 1.18. The predicted octanol–water partition coefficient (Wildman–Crippen LogP) is 1.63. The quantitative estimate of drug-likeness (QED) is 0.751. The van der Waals surface area contributed by atoms with Crippen LogP contribution in [0.5, 0.6) is 0 Å². The van der Waals surface area contributed by atoms with Crippen molar-refractivity contribution < 1.29 is 0 Å². The molecule has 0 atom stereocenters. The van der Waals surface area contributed by atoms with E-state index in [1.54, 1.807) is 17.5 Å². The van der Waals surface area contributed by atoms with E-state index in [0.717, 1.165) is 10.0 Å². The van der Waals surface area contributed by atoms with Crippen LogP contribution in [-0.4, -0.2) is 20.0 Å². The molecule has 0 spiro atoms.